The Kier molecular flexibility index (Phi) is 5.36. The number of hydrogen-bond donors (Lipinski definition) is 0. The smallest absolute Gasteiger partial charge is 0.148 e. The molecule has 40 valence electrons. The summed E-state index contributed by atoms with van der Waals surface area (Å²) in [6, 6.07) is 0. The first-order valence-corrected chi connectivity index (χ1v) is 1.34. The first kappa shape index (κ1) is 10.5. The standard InChI is InChI=1S/CF3NS.Mg.2H/c2-1(3,4)5-6;;;. The molecule has 0 aliphatic heterocycles. The summed E-state index contributed by atoms with van der Waals surface area (Å²) in [5, 5.41) is 0. The Morgan fingerprint density at radius 3 is 1.43 bits per heavy atom. The highest BCUT2D eigenvalue weighted by atomic mass is 32.1. The Bertz CT molecular complexity index is 60.4. The van der Waals surface area contributed by atoms with Crippen molar-refractivity contribution < 1.29 is 13.2 Å². The van der Waals surface area contributed by atoms with Crippen molar-refractivity contribution in [2.75, 3.05) is 0 Å². The molecule has 0 spiro atoms. The zero-order chi connectivity index (χ0) is 5.21. The lowest BCUT2D eigenvalue weighted by Crippen LogP contribution is -1.98. The van der Waals surface area contributed by atoms with E-state index in [-0.39, 0.29) is 23.1 Å². The summed E-state index contributed by atoms with van der Waals surface area (Å²) in [5.41, 5.74) is 0. The maximum absolute atomic E-state index is 10.5. The van der Waals surface area contributed by atoms with Crippen LogP contribution in [0.4, 0.5) is 13.2 Å². The zero-order valence-electron chi connectivity index (χ0n) is 2.49. The average Bonchev–Trinajstić information content (AvgIpc) is 1.35. The van der Waals surface area contributed by atoms with Crippen LogP contribution >= 0.6 is 0 Å². The summed E-state index contributed by atoms with van der Waals surface area (Å²) in [7, 11) is 0. The second-order valence-corrected chi connectivity index (χ2v) is 0.742. The molecule has 0 saturated carbocycles. The van der Waals surface area contributed by atoms with Crippen LogP contribution in [0.15, 0.2) is 4.36 Å². The number of nitrogens with zero attached hydrogens (tertiary/aromatic N) is 1. The fraction of sp³-hybridized carbons (Fsp3) is 1.00. The lowest BCUT2D eigenvalue weighted by molar-refractivity contribution is -0.117. The van der Waals surface area contributed by atoms with E-state index in [2.05, 4.69) is 12.4 Å². The van der Waals surface area contributed by atoms with Crippen molar-refractivity contribution in [3.05, 3.63) is 0 Å². The number of rotatable bonds is 0. The van der Waals surface area contributed by atoms with Gasteiger partial charge in [0.25, 0.3) is 0 Å². The van der Waals surface area contributed by atoms with E-state index in [9.17, 15) is 13.2 Å². The predicted molar refractivity (Wildman–Crippen MR) is 24.4 cm³/mol. The van der Waals surface area contributed by atoms with Gasteiger partial charge in [0.2, 0.25) is 0 Å². The molecule has 0 atom stereocenters. The first-order valence-electron chi connectivity index (χ1n) is 0.973. The third-order valence-corrected chi connectivity index (χ3v) is 0.311. The molecule has 7 heavy (non-hydrogen) atoms. The average molecular weight is 141 g/mol. The van der Waals surface area contributed by atoms with Crippen LogP contribution in [-0.4, -0.2) is 29.4 Å². The summed E-state index contributed by atoms with van der Waals surface area (Å²) in [4.78, 5) is 0. The van der Waals surface area contributed by atoms with E-state index in [1.165, 1.54) is 0 Å². The number of halogens is 3. The van der Waals surface area contributed by atoms with E-state index in [4.69, 9.17) is 0 Å². The lowest BCUT2D eigenvalue weighted by atomic mass is 11.3. The van der Waals surface area contributed by atoms with Crippen molar-refractivity contribution in [2.45, 2.75) is 6.30 Å². The molecule has 0 aromatic rings. The van der Waals surface area contributed by atoms with Gasteiger partial charge in [0.05, 0.1) is 0 Å². The topological polar surface area (TPSA) is 12.4 Å². The fourth-order valence-electron chi connectivity index (χ4n) is 0. The minimum atomic E-state index is -4.52. The molecular weight excluding hydrogens is 139 g/mol. The van der Waals surface area contributed by atoms with E-state index in [0.717, 1.165) is 0 Å². The highest BCUT2D eigenvalue weighted by molar-refractivity contribution is 7.47. The minimum absolute atomic E-state index is 0. The lowest BCUT2D eigenvalue weighted by Gasteiger charge is -1.88. The van der Waals surface area contributed by atoms with E-state index in [0.29, 0.717) is 0 Å². The molecule has 0 fully saturated rings. The second-order valence-electron chi connectivity index (χ2n) is 0.559. The van der Waals surface area contributed by atoms with Crippen molar-refractivity contribution >= 4 is 35.5 Å². The van der Waals surface area contributed by atoms with Crippen LogP contribution < -0.4 is 0 Å². The molecular formula is CH2F3MgNS. The molecule has 0 aromatic carbocycles. The van der Waals surface area contributed by atoms with Crippen molar-refractivity contribution in [3.8, 4) is 0 Å². The Morgan fingerprint density at radius 2 is 1.43 bits per heavy atom. The monoisotopic (exact) mass is 141 g/mol. The molecule has 1 nitrogen and oxygen atoms in total. The van der Waals surface area contributed by atoms with Gasteiger partial charge in [0, 0.05) is 12.4 Å². The maximum atomic E-state index is 10.5. The van der Waals surface area contributed by atoms with Crippen LogP contribution in [-0.2, 0) is 12.4 Å². The van der Waals surface area contributed by atoms with Gasteiger partial charge >= 0.3 is 29.4 Å². The van der Waals surface area contributed by atoms with Crippen LogP contribution in [0.2, 0.25) is 0 Å². The Hall–Kier alpha value is 0.576. The molecule has 0 aromatic heterocycles. The van der Waals surface area contributed by atoms with Gasteiger partial charge in [-0.3, -0.25) is 0 Å². The number of hydrogen-bond acceptors (Lipinski definition) is 2. The predicted octanol–water partition coefficient (Wildman–Crippen LogP) is 0.320. The quantitative estimate of drug-likeness (QED) is 0.350. The van der Waals surface area contributed by atoms with Gasteiger partial charge in [-0.25, -0.2) is 0 Å². The molecule has 0 heterocycles. The molecule has 0 saturated heterocycles. The molecule has 0 aliphatic carbocycles. The molecule has 0 aliphatic rings. The Balaban J connectivity index is 0. The molecule has 0 N–H and O–H groups in total. The largest absolute Gasteiger partial charge is 0.514 e. The van der Waals surface area contributed by atoms with Gasteiger partial charge in [-0.15, -0.1) is 17.5 Å². The zero-order valence-corrected chi connectivity index (χ0v) is 3.31. The summed E-state index contributed by atoms with van der Waals surface area (Å²) in [6.45, 7) is 0. The van der Waals surface area contributed by atoms with Gasteiger partial charge < -0.3 is 0 Å². The Labute approximate surface area is 59.6 Å². The van der Waals surface area contributed by atoms with E-state index >= 15 is 0 Å². The van der Waals surface area contributed by atoms with Crippen molar-refractivity contribution in [3.63, 3.8) is 0 Å². The normalized spacial score (nSPS) is 9.57. The Morgan fingerprint density at radius 1 is 1.29 bits per heavy atom. The number of alkyl halides is 3. The van der Waals surface area contributed by atoms with E-state index in [1.54, 1.807) is 4.36 Å². The summed E-state index contributed by atoms with van der Waals surface area (Å²) < 4.78 is 33.1. The van der Waals surface area contributed by atoms with Gasteiger partial charge in [-0.05, 0) is 0 Å². The van der Waals surface area contributed by atoms with Crippen LogP contribution in [0.25, 0.3) is 0 Å². The molecule has 0 bridgehead atoms. The van der Waals surface area contributed by atoms with Gasteiger partial charge in [-0.2, -0.15) is 0 Å². The van der Waals surface area contributed by atoms with Crippen LogP contribution in [0.1, 0.15) is 0 Å². The SMILES string of the molecule is FC(F)(F)N=S.[MgH2]. The second kappa shape index (κ2) is 3.56. The van der Waals surface area contributed by atoms with Crippen LogP contribution in [0.3, 0.4) is 0 Å². The summed E-state index contributed by atoms with van der Waals surface area (Å²) >= 11 is 3.29. The highest BCUT2D eigenvalue weighted by Gasteiger charge is 2.24. The summed E-state index contributed by atoms with van der Waals surface area (Å²) in [6.07, 6.45) is -4.52. The first-order chi connectivity index (χ1) is 2.56. The minimum Gasteiger partial charge on any atom is -0.148 e. The molecule has 0 amide bonds. The van der Waals surface area contributed by atoms with Crippen LogP contribution in [0.5, 0.6) is 0 Å². The molecule has 6 heteroatoms. The van der Waals surface area contributed by atoms with Crippen molar-refractivity contribution in [1.82, 2.24) is 0 Å². The third kappa shape index (κ3) is 10.8. The van der Waals surface area contributed by atoms with Gasteiger partial charge in [0.15, 0.2) is 0 Å². The van der Waals surface area contributed by atoms with Gasteiger partial charge in [0.1, 0.15) is 0 Å². The third-order valence-electron chi connectivity index (χ3n) is 0.104. The van der Waals surface area contributed by atoms with E-state index < -0.39 is 6.30 Å². The highest BCUT2D eigenvalue weighted by Crippen LogP contribution is 2.13. The maximum Gasteiger partial charge on any atom is 0.514 e. The van der Waals surface area contributed by atoms with Crippen LogP contribution in [0, 0.1) is 0 Å². The molecule has 0 rings (SSSR count). The fourth-order valence-corrected chi connectivity index (χ4v) is 0. The van der Waals surface area contributed by atoms with E-state index in [1.807, 2.05) is 0 Å². The summed E-state index contributed by atoms with van der Waals surface area (Å²) in [5.74, 6) is 0. The van der Waals surface area contributed by atoms with Crippen molar-refractivity contribution in [2.24, 2.45) is 4.36 Å². The van der Waals surface area contributed by atoms with Crippen molar-refractivity contribution in [1.29, 1.82) is 0 Å². The molecule has 0 radical (unpaired) electrons. The molecule has 0 unspecified atom stereocenters. The van der Waals surface area contributed by atoms with Gasteiger partial charge in [-0.1, -0.05) is 0 Å².